The van der Waals surface area contributed by atoms with Crippen LogP contribution >= 0.6 is 23.1 Å². The Bertz CT molecular complexity index is 2050. The second kappa shape index (κ2) is 17.2. The molecule has 5 aromatic rings. The van der Waals surface area contributed by atoms with Gasteiger partial charge >= 0.3 is 0 Å². The van der Waals surface area contributed by atoms with Gasteiger partial charge in [0.2, 0.25) is 5.91 Å². The highest BCUT2D eigenvalue weighted by molar-refractivity contribution is 8.00. The van der Waals surface area contributed by atoms with Crippen LogP contribution in [0.4, 0.5) is 10.8 Å². The van der Waals surface area contributed by atoms with Gasteiger partial charge in [0.25, 0.3) is 11.8 Å². The van der Waals surface area contributed by atoms with E-state index in [1.165, 1.54) is 37.3 Å². The maximum Gasteiger partial charge on any atom is 0.272 e. The molecular formula is C38H36N4O7S2. The number of rotatable bonds is 14. The Morgan fingerprint density at radius 1 is 0.765 bits per heavy atom. The van der Waals surface area contributed by atoms with E-state index < -0.39 is 17.1 Å². The lowest BCUT2D eigenvalue weighted by molar-refractivity contribution is -0.115. The van der Waals surface area contributed by atoms with Crippen LogP contribution in [0.3, 0.4) is 0 Å². The van der Waals surface area contributed by atoms with E-state index in [4.69, 9.17) is 18.9 Å². The van der Waals surface area contributed by atoms with E-state index in [1.807, 2.05) is 23.6 Å². The van der Waals surface area contributed by atoms with Crippen LogP contribution in [0.5, 0.6) is 23.0 Å². The number of nitrogens with one attached hydrogen (secondary N) is 3. The summed E-state index contributed by atoms with van der Waals surface area (Å²) in [5, 5.41) is 10.3. The molecule has 11 nitrogen and oxygen atoms in total. The average Bonchev–Trinajstić information content (AvgIpc) is 3.62. The summed E-state index contributed by atoms with van der Waals surface area (Å²) in [5.74, 6) is 0.966. The lowest BCUT2D eigenvalue weighted by Gasteiger charge is -2.14. The summed E-state index contributed by atoms with van der Waals surface area (Å²) in [5.41, 5.74) is 3.00. The minimum Gasteiger partial charge on any atom is -0.493 e. The van der Waals surface area contributed by atoms with Crippen LogP contribution in [-0.2, 0) is 9.59 Å². The number of ether oxygens (including phenoxy) is 4. The van der Waals surface area contributed by atoms with Gasteiger partial charge in [0.1, 0.15) is 5.70 Å². The number of carbonyl (C=O) groups is 3. The Balaban J connectivity index is 1.27. The predicted molar refractivity (Wildman–Crippen MR) is 201 cm³/mol. The number of hydrogen-bond acceptors (Lipinski definition) is 10. The molecule has 0 fully saturated rings. The highest BCUT2D eigenvalue weighted by Gasteiger charge is 2.19. The van der Waals surface area contributed by atoms with Crippen LogP contribution in [0.25, 0.3) is 17.3 Å². The van der Waals surface area contributed by atoms with Gasteiger partial charge in [-0.2, -0.15) is 0 Å². The normalized spacial score (nSPS) is 11.6. The number of amides is 3. The molecule has 0 saturated carbocycles. The van der Waals surface area contributed by atoms with Gasteiger partial charge in [-0.15, -0.1) is 23.1 Å². The highest BCUT2D eigenvalue weighted by Crippen LogP contribution is 2.34. The molecule has 1 aromatic heterocycles. The summed E-state index contributed by atoms with van der Waals surface area (Å²) in [7, 11) is 6.19. The van der Waals surface area contributed by atoms with Crippen LogP contribution in [0.15, 0.2) is 107 Å². The molecule has 1 unspecified atom stereocenters. The van der Waals surface area contributed by atoms with E-state index in [1.54, 1.807) is 100 Å². The van der Waals surface area contributed by atoms with Crippen molar-refractivity contribution in [2.45, 2.75) is 17.1 Å². The van der Waals surface area contributed by atoms with Crippen LogP contribution in [0, 0.1) is 0 Å². The molecule has 13 heteroatoms. The van der Waals surface area contributed by atoms with Crippen molar-refractivity contribution in [1.82, 2.24) is 10.3 Å². The molecule has 0 aliphatic carbocycles. The zero-order chi connectivity index (χ0) is 36.3. The van der Waals surface area contributed by atoms with Crippen LogP contribution in [0.1, 0.15) is 22.8 Å². The molecule has 0 bridgehead atoms. The van der Waals surface area contributed by atoms with Gasteiger partial charge in [-0.1, -0.05) is 30.3 Å². The number of methoxy groups -OCH3 is 4. The quantitative estimate of drug-likeness (QED) is 0.0792. The molecular weight excluding hydrogens is 689 g/mol. The van der Waals surface area contributed by atoms with Crippen LogP contribution < -0.4 is 34.9 Å². The SMILES string of the molecule is COc1ccc(/C=C(/NC(=O)c2ccccc2)C(=O)Nc2cccc(SC(C)C(=O)Nc3nc(-c4ccc(OC)c(OC)c4)cs3)c2)cc1OC. The fourth-order valence-electron chi connectivity index (χ4n) is 4.82. The van der Waals surface area contributed by atoms with Gasteiger partial charge in [-0.25, -0.2) is 4.98 Å². The first-order valence-corrected chi connectivity index (χ1v) is 17.3. The van der Waals surface area contributed by atoms with Crippen LogP contribution in [-0.4, -0.2) is 56.4 Å². The van der Waals surface area contributed by atoms with Crippen molar-refractivity contribution in [3.8, 4) is 34.3 Å². The summed E-state index contributed by atoms with van der Waals surface area (Å²) in [6, 6.07) is 26.4. The number of anilines is 2. The fraction of sp³-hybridized carbons (Fsp3) is 0.158. The Hall–Kier alpha value is -5.79. The van der Waals surface area contributed by atoms with Gasteiger partial charge in [0, 0.05) is 27.1 Å². The zero-order valence-corrected chi connectivity index (χ0v) is 30.1. The zero-order valence-electron chi connectivity index (χ0n) is 28.5. The first kappa shape index (κ1) is 36.5. The van der Waals surface area contributed by atoms with Crippen molar-refractivity contribution in [3.05, 3.63) is 113 Å². The molecule has 262 valence electrons. The predicted octanol–water partition coefficient (Wildman–Crippen LogP) is 7.37. The Labute approximate surface area is 304 Å². The minimum absolute atomic E-state index is 0.0118. The Kier molecular flexibility index (Phi) is 12.3. The van der Waals surface area contributed by atoms with Crippen molar-refractivity contribution in [1.29, 1.82) is 0 Å². The highest BCUT2D eigenvalue weighted by atomic mass is 32.2. The van der Waals surface area contributed by atoms with E-state index in [2.05, 4.69) is 20.9 Å². The molecule has 0 aliphatic rings. The lowest BCUT2D eigenvalue weighted by Crippen LogP contribution is -2.30. The molecule has 5 rings (SSSR count). The molecule has 0 radical (unpaired) electrons. The van der Waals surface area contributed by atoms with Gasteiger partial charge < -0.3 is 34.9 Å². The molecule has 51 heavy (non-hydrogen) atoms. The van der Waals surface area contributed by atoms with E-state index in [-0.39, 0.29) is 11.6 Å². The summed E-state index contributed by atoms with van der Waals surface area (Å²) >= 11 is 2.64. The molecule has 0 spiro atoms. The summed E-state index contributed by atoms with van der Waals surface area (Å²) in [6.45, 7) is 1.79. The van der Waals surface area contributed by atoms with Gasteiger partial charge in [-0.3, -0.25) is 14.4 Å². The van der Waals surface area contributed by atoms with Crippen molar-refractivity contribution in [3.63, 3.8) is 0 Å². The fourth-order valence-corrected chi connectivity index (χ4v) is 6.47. The van der Waals surface area contributed by atoms with E-state index >= 15 is 0 Å². The third kappa shape index (κ3) is 9.47. The number of benzene rings is 4. The standard InChI is InChI=1S/C38H36N4O7S2/c1-23(35(43)42-38-41-30(22-50-38)26-15-17-32(47-3)34(20-26)49-5)51-28-13-9-12-27(21-28)39-37(45)29(40-36(44)25-10-7-6-8-11-25)18-24-14-16-31(46-2)33(19-24)48-4/h6-23H,1-5H3,(H,39,45)(H,40,44)(H,41,42,43)/b29-18+. The molecule has 0 saturated heterocycles. The van der Waals surface area contributed by atoms with Gasteiger partial charge in [0.05, 0.1) is 39.4 Å². The first-order chi connectivity index (χ1) is 24.7. The largest absolute Gasteiger partial charge is 0.493 e. The Morgan fingerprint density at radius 2 is 1.45 bits per heavy atom. The van der Waals surface area contributed by atoms with Crippen molar-refractivity contribution < 1.29 is 33.3 Å². The third-order valence-electron chi connectivity index (χ3n) is 7.44. The maximum absolute atomic E-state index is 13.6. The molecule has 3 N–H and O–H groups in total. The van der Waals surface area contributed by atoms with Gasteiger partial charge in [0.15, 0.2) is 28.1 Å². The topological polar surface area (TPSA) is 137 Å². The third-order valence-corrected chi connectivity index (χ3v) is 9.29. The molecule has 4 aromatic carbocycles. The summed E-state index contributed by atoms with van der Waals surface area (Å²) in [4.78, 5) is 45.2. The van der Waals surface area contributed by atoms with E-state index in [0.29, 0.717) is 50.6 Å². The first-order valence-electron chi connectivity index (χ1n) is 15.6. The second-order valence-electron chi connectivity index (χ2n) is 10.8. The average molecular weight is 725 g/mol. The minimum atomic E-state index is -0.545. The number of carbonyl (C=O) groups excluding carboxylic acids is 3. The summed E-state index contributed by atoms with van der Waals surface area (Å²) < 4.78 is 21.4. The van der Waals surface area contributed by atoms with Crippen molar-refractivity contribution in [2.75, 3.05) is 39.1 Å². The lowest BCUT2D eigenvalue weighted by atomic mass is 10.1. The maximum atomic E-state index is 13.6. The molecule has 1 atom stereocenters. The summed E-state index contributed by atoms with van der Waals surface area (Å²) in [6.07, 6.45) is 1.55. The van der Waals surface area contributed by atoms with E-state index in [0.717, 1.165) is 10.5 Å². The van der Waals surface area contributed by atoms with Crippen molar-refractivity contribution >= 4 is 57.7 Å². The molecule has 1 heterocycles. The van der Waals surface area contributed by atoms with Crippen LogP contribution in [0.2, 0.25) is 0 Å². The number of hydrogen-bond donors (Lipinski definition) is 3. The molecule has 3 amide bonds. The second-order valence-corrected chi connectivity index (χ2v) is 13.1. The number of aromatic nitrogens is 1. The van der Waals surface area contributed by atoms with Gasteiger partial charge in [-0.05, 0) is 79.2 Å². The molecule has 0 aliphatic heterocycles. The monoisotopic (exact) mass is 724 g/mol. The van der Waals surface area contributed by atoms with Crippen molar-refractivity contribution in [2.24, 2.45) is 0 Å². The smallest absolute Gasteiger partial charge is 0.272 e. The van der Waals surface area contributed by atoms with E-state index in [9.17, 15) is 14.4 Å². The number of thioether (sulfide) groups is 1. The number of thiazole rings is 1. The number of nitrogens with zero attached hydrogens (tertiary/aromatic N) is 1. The Morgan fingerprint density at radius 3 is 2.16 bits per heavy atom.